The summed E-state index contributed by atoms with van der Waals surface area (Å²) in [7, 11) is 0. The molecule has 6 nitrogen and oxygen atoms in total. The zero-order valence-electron chi connectivity index (χ0n) is 15.6. The molecule has 7 heteroatoms. The Bertz CT molecular complexity index is 726. The molecule has 2 heterocycles. The van der Waals surface area contributed by atoms with Gasteiger partial charge in [0.15, 0.2) is 0 Å². The number of aromatic nitrogens is 1. The molecule has 1 aromatic carbocycles. The van der Waals surface area contributed by atoms with Crippen LogP contribution < -0.4 is 10.9 Å². The van der Waals surface area contributed by atoms with E-state index in [-0.39, 0.29) is 18.7 Å². The topological polar surface area (TPSA) is 74.9 Å². The van der Waals surface area contributed by atoms with Crippen molar-refractivity contribution in [1.82, 2.24) is 9.88 Å². The van der Waals surface area contributed by atoms with Crippen LogP contribution in [0.4, 0.5) is 11.4 Å². The molecule has 0 radical (unpaired) electrons. The SMILES string of the molecule is CCC(c1ccncc1N(N)c1ccc(Cl)cc1)N1CCOCC1CCO. The summed E-state index contributed by atoms with van der Waals surface area (Å²) < 4.78 is 5.64. The van der Waals surface area contributed by atoms with Crippen molar-refractivity contribution < 1.29 is 9.84 Å². The molecule has 1 aliphatic heterocycles. The zero-order chi connectivity index (χ0) is 19.2. The van der Waals surface area contributed by atoms with Gasteiger partial charge in [-0.3, -0.25) is 14.9 Å². The van der Waals surface area contributed by atoms with Gasteiger partial charge in [-0.25, -0.2) is 5.84 Å². The highest BCUT2D eigenvalue weighted by atomic mass is 35.5. The Balaban J connectivity index is 1.93. The first-order chi connectivity index (χ1) is 13.2. The maximum Gasteiger partial charge on any atom is 0.0806 e. The quantitative estimate of drug-likeness (QED) is 0.558. The van der Waals surface area contributed by atoms with E-state index in [1.165, 1.54) is 0 Å². The first-order valence-electron chi connectivity index (χ1n) is 9.34. The Hall–Kier alpha value is -1.70. The Morgan fingerprint density at radius 3 is 2.85 bits per heavy atom. The van der Waals surface area contributed by atoms with Gasteiger partial charge in [-0.05, 0) is 48.7 Å². The minimum atomic E-state index is 0.151. The summed E-state index contributed by atoms with van der Waals surface area (Å²) >= 11 is 6.00. The van der Waals surface area contributed by atoms with Crippen LogP contribution in [-0.2, 0) is 4.74 Å². The molecule has 0 aliphatic carbocycles. The van der Waals surface area contributed by atoms with Crippen LogP contribution in [0, 0.1) is 0 Å². The molecular formula is C20H27ClN4O2. The van der Waals surface area contributed by atoms with Crippen LogP contribution in [0.3, 0.4) is 0 Å². The molecule has 0 saturated carbocycles. The maximum absolute atomic E-state index is 9.44. The van der Waals surface area contributed by atoms with Gasteiger partial charge in [0, 0.05) is 36.5 Å². The summed E-state index contributed by atoms with van der Waals surface area (Å²) in [6.07, 6.45) is 5.22. The average molecular weight is 391 g/mol. The molecule has 27 heavy (non-hydrogen) atoms. The number of anilines is 2. The number of benzene rings is 1. The highest BCUT2D eigenvalue weighted by Gasteiger charge is 2.31. The summed E-state index contributed by atoms with van der Waals surface area (Å²) in [5.74, 6) is 6.45. The lowest BCUT2D eigenvalue weighted by Gasteiger charge is -2.41. The lowest BCUT2D eigenvalue weighted by Crippen LogP contribution is -2.47. The highest BCUT2D eigenvalue weighted by Crippen LogP contribution is 2.36. The number of hydrazine groups is 1. The van der Waals surface area contributed by atoms with Gasteiger partial charge in [-0.2, -0.15) is 0 Å². The number of morpholine rings is 1. The molecule has 0 amide bonds. The fourth-order valence-corrected chi connectivity index (χ4v) is 3.86. The number of rotatable bonds is 7. The molecular weight excluding hydrogens is 364 g/mol. The molecule has 2 aromatic rings. The smallest absolute Gasteiger partial charge is 0.0806 e. The largest absolute Gasteiger partial charge is 0.396 e. The van der Waals surface area contributed by atoms with E-state index in [9.17, 15) is 5.11 Å². The van der Waals surface area contributed by atoms with Crippen LogP contribution >= 0.6 is 11.6 Å². The van der Waals surface area contributed by atoms with Gasteiger partial charge in [0.25, 0.3) is 0 Å². The summed E-state index contributed by atoms with van der Waals surface area (Å²) in [5.41, 5.74) is 2.83. The van der Waals surface area contributed by atoms with E-state index in [4.69, 9.17) is 22.2 Å². The molecule has 3 rings (SSSR count). The minimum absolute atomic E-state index is 0.151. The minimum Gasteiger partial charge on any atom is -0.396 e. The van der Waals surface area contributed by atoms with Gasteiger partial charge in [-0.15, -0.1) is 0 Å². The fourth-order valence-electron chi connectivity index (χ4n) is 3.73. The molecule has 1 aromatic heterocycles. The second-order valence-electron chi connectivity index (χ2n) is 6.68. The summed E-state index contributed by atoms with van der Waals surface area (Å²) in [6.45, 7) is 4.49. The van der Waals surface area contributed by atoms with Crippen LogP contribution in [0.5, 0.6) is 0 Å². The van der Waals surface area contributed by atoms with Crippen LogP contribution in [0.2, 0.25) is 5.02 Å². The fraction of sp³-hybridized carbons (Fsp3) is 0.450. The summed E-state index contributed by atoms with van der Waals surface area (Å²) in [5, 5.41) is 11.8. The molecule has 2 atom stereocenters. The standard InChI is InChI=1S/C20H27ClN4O2/c1-2-19(24-10-12-27-14-17(24)8-11-26)18-7-9-23-13-20(18)25(22)16-5-3-15(21)4-6-16/h3-7,9,13,17,19,26H,2,8,10-12,14,22H2,1H3. The predicted molar refractivity (Wildman–Crippen MR) is 108 cm³/mol. The summed E-state index contributed by atoms with van der Waals surface area (Å²) in [6, 6.07) is 9.82. The van der Waals surface area contributed by atoms with Crippen molar-refractivity contribution in [2.45, 2.75) is 31.8 Å². The van der Waals surface area contributed by atoms with E-state index >= 15 is 0 Å². The number of aliphatic hydroxyl groups excluding tert-OH is 1. The second-order valence-corrected chi connectivity index (χ2v) is 7.12. The normalized spacial score (nSPS) is 19.0. The van der Waals surface area contributed by atoms with E-state index in [0.717, 1.165) is 29.9 Å². The second kappa shape index (κ2) is 9.48. The molecule has 0 bridgehead atoms. The molecule has 1 fully saturated rings. The number of aliphatic hydroxyl groups is 1. The van der Waals surface area contributed by atoms with Gasteiger partial charge in [0.2, 0.25) is 0 Å². The molecule has 3 N–H and O–H groups in total. The maximum atomic E-state index is 9.44. The van der Waals surface area contributed by atoms with Crippen molar-refractivity contribution in [2.75, 3.05) is 31.4 Å². The third-order valence-electron chi connectivity index (χ3n) is 5.08. The first-order valence-corrected chi connectivity index (χ1v) is 9.72. The van der Waals surface area contributed by atoms with Crippen LogP contribution in [0.1, 0.15) is 31.4 Å². The number of nitrogens with two attached hydrogens (primary N) is 1. The molecule has 2 unspecified atom stereocenters. The van der Waals surface area contributed by atoms with E-state index in [2.05, 4.69) is 16.8 Å². The first kappa shape index (κ1) is 20.0. The molecule has 146 valence electrons. The van der Waals surface area contributed by atoms with Crippen molar-refractivity contribution in [3.05, 3.63) is 53.3 Å². The number of nitrogens with zero attached hydrogens (tertiary/aromatic N) is 3. The van der Waals surface area contributed by atoms with Crippen LogP contribution in [0.25, 0.3) is 0 Å². The van der Waals surface area contributed by atoms with Crippen molar-refractivity contribution in [3.63, 3.8) is 0 Å². The van der Waals surface area contributed by atoms with Crippen molar-refractivity contribution in [1.29, 1.82) is 0 Å². The molecule has 0 spiro atoms. The van der Waals surface area contributed by atoms with Gasteiger partial charge in [0.1, 0.15) is 0 Å². The average Bonchev–Trinajstić information content (AvgIpc) is 2.70. The zero-order valence-corrected chi connectivity index (χ0v) is 16.3. The van der Waals surface area contributed by atoms with E-state index < -0.39 is 0 Å². The number of ether oxygens (including phenoxy) is 1. The number of hydrogen-bond donors (Lipinski definition) is 2. The Labute approximate surface area is 165 Å². The Kier molecular flexibility index (Phi) is 7.04. The monoisotopic (exact) mass is 390 g/mol. The van der Waals surface area contributed by atoms with Crippen molar-refractivity contribution in [3.8, 4) is 0 Å². The van der Waals surface area contributed by atoms with E-state index in [1.54, 1.807) is 17.4 Å². The lowest BCUT2D eigenvalue weighted by atomic mass is 9.98. The number of hydrogen-bond acceptors (Lipinski definition) is 6. The third-order valence-corrected chi connectivity index (χ3v) is 5.33. The molecule has 1 aliphatic rings. The van der Waals surface area contributed by atoms with Gasteiger partial charge >= 0.3 is 0 Å². The van der Waals surface area contributed by atoms with Gasteiger partial charge in [-0.1, -0.05) is 18.5 Å². The van der Waals surface area contributed by atoms with Gasteiger partial charge in [0.05, 0.1) is 30.8 Å². The third kappa shape index (κ3) is 4.59. The van der Waals surface area contributed by atoms with Crippen molar-refractivity contribution >= 4 is 23.0 Å². The Morgan fingerprint density at radius 1 is 1.37 bits per heavy atom. The highest BCUT2D eigenvalue weighted by molar-refractivity contribution is 6.30. The number of halogens is 1. The van der Waals surface area contributed by atoms with Gasteiger partial charge < -0.3 is 9.84 Å². The van der Waals surface area contributed by atoms with Crippen LogP contribution in [-0.4, -0.2) is 47.4 Å². The lowest BCUT2D eigenvalue weighted by molar-refractivity contribution is -0.0377. The van der Waals surface area contributed by atoms with Crippen LogP contribution in [0.15, 0.2) is 42.7 Å². The molecule has 1 saturated heterocycles. The van der Waals surface area contributed by atoms with E-state index in [0.29, 0.717) is 24.7 Å². The number of pyridine rings is 1. The van der Waals surface area contributed by atoms with E-state index in [1.807, 2.05) is 30.3 Å². The summed E-state index contributed by atoms with van der Waals surface area (Å²) in [4.78, 5) is 6.72. The Morgan fingerprint density at radius 2 is 2.15 bits per heavy atom. The predicted octanol–water partition coefficient (Wildman–Crippen LogP) is 3.28. The van der Waals surface area contributed by atoms with Crippen molar-refractivity contribution in [2.24, 2.45) is 5.84 Å².